The van der Waals surface area contributed by atoms with Gasteiger partial charge in [-0.3, -0.25) is 4.79 Å². The molecule has 0 aliphatic heterocycles. The second-order valence-corrected chi connectivity index (χ2v) is 5.67. The normalized spacial score (nSPS) is 12.8. The molecule has 0 bridgehead atoms. The fourth-order valence-electron chi connectivity index (χ4n) is 1.88. The molecule has 1 atom stereocenters. The van der Waals surface area contributed by atoms with E-state index in [1.165, 1.54) is 12.4 Å². The Balaban J connectivity index is 2.66. The van der Waals surface area contributed by atoms with E-state index in [1.807, 2.05) is 14.1 Å². The molecule has 5 nitrogen and oxygen atoms in total. The smallest absolute Gasteiger partial charge is 0.271 e. The van der Waals surface area contributed by atoms with Crippen LogP contribution in [0.5, 0.6) is 0 Å². The molecule has 1 rings (SSSR count). The summed E-state index contributed by atoms with van der Waals surface area (Å²) >= 11 is 5.65. The molecule has 1 heterocycles. The lowest BCUT2D eigenvalue weighted by Gasteiger charge is -2.23. The third-order valence-corrected chi connectivity index (χ3v) is 2.72. The Bertz CT molecular complexity index is 396. The van der Waals surface area contributed by atoms with Gasteiger partial charge in [0, 0.05) is 12.6 Å². The van der Waals surface area contributed by atoms with Crippen molar-refractivity contribution in [2.75, 3.05) is 20.6 Å². The van der Waals surface area contributed by atoms with Crippen LogP contribution >= 0.6 is 11.6 Å². The van der Waals surface area contributed by atoms with Crippen molar-refractivity contribution in [2.45, 2.75) is 26.3 Å². The largest absolute Gasteiger partial charge is 0.347 e. The SMILES string of the molecule is CC(C)CC(CN(C)C)NC(=O)c1cnc(Cl)cn1. The topological polar surface area (TPSA) is 58.1 Å². The molecule has 1 N–H and O–H groups in total. The van der Waals surface area contributed by atoms with Crippen molar-refractivity contribution in [3.8, 4) is 0 Å². The van der Waals surface area contributed by atoms with E-state index in [-0.39, 0.29) is 22.8 Å². The number of carbonyl (C=O) groups is 1. The summed E-state index contributed by atoms with van der Waals surface area (Å²) < 4.78 is 0. The first-order valence-corrected chi connectivity index (χ1v) is 6.69. The van der Waals surface area contributed by atoms with Gasteiger partial charge >= 0.3 is 0 Å². The van der Waals surface area contributed by atoms with Crippen LogP contribution in [0.1, 0.15) is 30.8 Å². The van der Waals surface area contributed by atoms with Gasteiger partial charge in [0.25, 0.3) is 5.91 Å². The number of carbonyl (C=O) groups excluding carboxylic acids is 1. The fourth-order valence-corrected chi connectivity index (χ4v) is 1.98. The fraction of sp³-hybridized carbons (Fsp3) is 0.615. The van der Waals surface area contributed by atoms with Crippen LogP contribution in [0.15, 0.2) is 12.4 Å². The van der Waals surface area contributed by atoms with Crippen LogP contribution in [-0.2, 0) is 0 Å². The van der Waals surface area contributed by atoms with Gasteiger partial charge in [-0.1, -0.05) is 25.4 Å². The molecule has 0 saturated heterocycles. The number of nitrogens with one attached hydrogen (secondary N) is 1. The Hall–Kier alpha value is -1.20. The van der Waals surface area contributed by atoms with Crippen molar-refractivity contribution in [3.63, 3.8) is 0 Å². The Labute approximate surface area is 119 Å². The van der Waals surface area contributed by atoms with Gasteiger partial charge in [0.15, 0.2) is 0 Å². The Morgan fingerprint density at radius 1 is 1.37 bits per heavy atom. The molecule has 0 fully saturated rings. The molecule has 1 aromatic heterocycles. The van der Waals surface area contributed by atoms with Crippen molar-refractivity contribution in [1.29, 1.82) is 0 Å². The van der Waals surface area contributed by atoms with Gasteiger partial charge in [-0.05, 0) is 26.4 Å². The third kappa shape index (κ3) is 5.98. The number of likely N-dealkylation sites (N-methyl/N-ethyl adjacent to an activating group) is 1. The molecule has 1 amide bonds. The molecule has 0 aromatic carbocycles. The molecule has 0 spiro atoms. The molecule has 1 unspecified atom stereocenters. The highest BCUT2D eigenvalue weighted by Crippen LogP contribution is 2.07. The maximum Gasteiger partial charge on any atom is 0.271 e. The zero-order chi connectivity index (χ0) is 14.4. The number of hydrogen-bond donors (Lipinski definition) is 1. The summed E-state index contributed by atoms with van der Waals surface area (Å²) in [5.41, 5.74) is 0.289. The summed E-state index contributed by atoms with van der Waals surface area (Å²) in [6.45, 7) is 5.07. The highest BCUT2D eigenvalue weighted by molar-refractivity contribution is 6.29. The van der Waals surface area contributed by atoms with Crippen LogP contribution in [0.25, 0.3) is 0 Å². The van der Waals surface area contributed by atoms with Crippen molar-refractivity contribution >= 4 is 17.5 Å². The minimum atomic E-state index is -0.211. The van der Waals surface area contributed by atoms with Crippen LogP contribution in [0.3, 0.4) is 0 Å². The Morgan fingerprint density at radius 3 is 2.53 bits per heavy atom. The summed E-state index contributed by atoms with van der Waals surface area (Å²) in [7, 11) is 3.98. The first-order chi connectivity index (χ1) is 8.88. The van der Waals surface area contributed by atoms with Crippen LogP contribution in [-0.4, -0.2) is 47.5 Å². The lowest BCUT2D eigenvalue weighted by Crippen LogP contribution is -2.42. The van der Waals surface area contributed by atoms with E-state index in [2.05, 4.69) is 34.0 Å². The van der Waals surface area contributed by atoms with Gasteiger partial charge in [-0.25, -0.2) is 9.97 Å². The van der Waals surface area contributed by atoms with Gasteiger partial charge in [0.1, 0.15) is 10.8 Å². The van der Waals surface area contributed by atoms with Gasteiger partial charge in [-0.2, -0.15) is 0 Å². The van der Waals surface area contributed by atoms with Crippen molar-refractivity contribution < 1.29 is 4.79 Å². The Kier molecular flexibility index (Phi) is 6.18. The van der Waals surface area contributed by atoms with Crippen molar-refractivity contribution in [2.24, 2.45) is 5.92 Å². The number of rotatable bonds is 6. The molecule has 19 heavy (non-hydrogen) atoms. The predicted molar refractivity (Wildman–Crippen MR) is 76.3 cm³/mol. The molecular formula is C13H21ClN4O. The van der Waals surface area contributed by atoms with E-state index in [0.29, 0.717) is 5.92 Å². The summed E-state index contributed by atoms with van der Waals surface area (Å²) in [6.07, 6.45) is 3.69. The predicted octanol–water partition coefficient (Wildman–Crippen LogP) is 1.84. The average molecular weight is 285 g/mol. The second-order valence-electron chi connectivity index (χ2n) is 5.29. The zero-order valence-corrected chi connectivity index (χ0v) is 12.6. The van der Waals surface area contributed by atoms with E-state index < -0.39 is 0 Å². The van der Waals surface area contributed by atoms with Crippen LogP contribution in [0.4, 0.5) is 0 Å². The van der Waals surface area contributed by atoms with E-state index in [0.717, 1.165) is 13.0 Å². The van der Waals surface area contributed by atoms with Gasteiger partial charge in [0.05, 0.1) is 12.4 Å². The minimum Gasteiger partial charge on any atom is -0.347 e. The monoisotopic (exact) mass is 284 g/mol. The van der Waals surface area contributed by atoms with Crippen LogP contribution in [0.2, 0.25) is 5.15 Å². The number of nitrogens with zero attached hydrogens (tertiary/aromatic N) is 3. The Morgan fingerprint density at radius 2 is 2.05 bits per heavy atom. The highest BCUT2D eigenvalue weighted by Gasteiger charge is 2.17. The quantitative estimate of drug-likeness (QED) is 0.866. The van der Waals surface area contributed by atoms with E-state index in [1.54, 1.807) is 0 Å². The highest BCUT2D eigenvalue weighted by atomic mass is 35.5. The van der Waals surface area contributed by atoms with Gasteiger partial charge in [-0.15, -0.1) is 0 Å². The van der Waals surface area contributed by atoms with Crippen molar-refractivity contribution in [3.05, 3.63) is 23.2 Å². The summed E-state index contributed by atoms with van der Waals surface area (Å²) in [4.78, 5) is 21.9. The van der Waals surface area contributed by atoms with Gasteiger partial charge in [0.2, 0.25) is 0 Å². The maximum atomic E-state index is 12.1. The second kappa shape index (κ2) is 7.40. The van der Waals surface area contributed by atoms with Crippen LogP contribution in [0, 0.1) is 5.92 Å². The van der Waals surface area contributed by atoms with E-state index >= 15 is 0 Å². The average Bonchev–Trinajstić information content (AvgIpc) is 2.27. The minimum absolute atomic E-state index is 0.0972. The molecule has 106 valence electrons. The summed E-state index contributed by atoms with van der Waals surface area (Å²) in [5, 5.41) is 3.27. The first kappa shape index (κ1) is 15.9. The molecule has 6 heteroatoms. The standard InChI is InChI=1S/C13H21ClN4O/c1-9(2)5-10(8-18(3)4)17-13(19)11-6-16-12(14)7-15-11/h6-7,9-10H,5,8H2,1-4H3,(H,17,19). The van der Waals surface area contributed by atoms with Gasteiger partial charge < -0.3 is 10.2 Å². The summed E-state index contributed by atoms with van der Waals surface area (Å²) in [5.74, 6) is 0.304. The lowest BCUT2D eigenvalue weighted by molar-refractivity contribution is 0.0919. The first-order valence-electron chi connectivity index (χ1n) is 6.31. The van der Waals surface area contributed by atoms with Crippen molar-refractivity contribution in [1.82, 2.24) is 20.2 Å². The van der Waals surface area contributed by atoms with Crippen LogP contribution < -0.4 is 5.32 Å². The molecular weight excluding hydrogens is 264 g/mol. The van der Waals surface area contributed by atoms with E-state index in [4.69, 9.17) is 11.6 Å². The maximum absolute atomic E-state index is 12.1. The number of amides is 1. The summed E-state index contributed by atoms with van der Waals surface area (Å²) in [6, 6.07) is 0.0972. The van der Waals surface area contributed by atoms with E-state index in [9.17, 15) is 4.79 Å². The number of aromatic nitrogens is 2. The number of halogens is 1. The number of hydrogen-bond acceptors (Lipinski definition) is 4. The molecule has 0 aliphatic carbocycles. The molecule has 0 radical (unpaired) electrons. The molecule has 0 aliphatic rings. The molecule has 0 saturated carbocycles. The zero-order valence-electron chi connectivity index (χ0n) is 11.9. The third-order valence-electron chi connectivity index (χ3n) is 2.53. The lowest BCUT2D eigenvalue weighted by atomic mass is 10.0. The molecule has 1 aromatic rings.